The van der Waals surface area contributed by atoms with E-state index in [4.69, 9.17) is 23.2 Å². The van der Waals surface area contributed by atoms with Crippen LogP contribution >= 0.6 is 35.0 Å². The molecule has 3 heterocycles. The lowest BCUT2D eigenvalue weighted by molar-refractivity contribution is -0.130. The van der Waals surface area contributed by atoms with Crippen molar-refractivity contribution in [1.29, 1.82) is 0 Å². The average molecular weight is 373 g/mol. The Morgan fingerprint density at radius 2 is 2.00 bits per heavy atom. The van der Waals surface area contributed by atoms with E-state index >= 15 is 0 Å². The zero-order valence-electron chi connectivity index (χ0n) is 13.0. The second-order valence-corrected chi connectivity index (χ2v) is 8.00. The van der Waals surface area contributed by atoms with E-state index in [1.54, 1.807) is 16.7 Å². The lowest BCUT2D eigenvalue weighted by Gasteiger charge is -2.34. The Labute approximate surface area is 149 Å². The monoisotopic (exact) mass is 372 g/mol. The molecule has 124 valence electrons. The smallest absolute Gasteiger partial charge is 0.233 e. The van der Waals surface area contributed by atoms with Crippen LogP contribution in [0.5, 0.6) is 0 Å². The standard InChI is InChI=1S/C15H18Cl2N4OS/c1-9-3-10(2)6-20(5-9)13(22)8-23-15-19-18-14-12(17)4-11(16)7-21(14)15/h4,7,9-10H,3,5-6,8H2,1-2H3/t9-,10-/m0/s1. The predicted octanol–water partition coefficient (Wildman–Crippen LogP) is 3.63. The largest absolute Gasteiger partial charge is 0.341 e. The van der Waals surface area contributed by atoms with Crippen LogP contribution in [0.2, 0.25) is 10.0 Å². The molecule has 0 radical (unpaired) electrons. The first-order valence-electron chi connectivity index (χ1n) is 7.54. The average Bonchev–Trinajstić information content (AvgIpc) is 2.87. The maximum absolute atomic E-state index is 12.4. The number of carbonyl (C=O) groups is 1. The fraction of sp³-hybridized carbons (Fsp3) is 0.533. The summed E-state index contributed by atoms with van der Waals surface area (Å²) in [5.41, 5.74) is 0.547. The van der Waals surface area contributed by atoms with E-state index in [1.165, 1.54) is 18.2 Å². The van der Waals surface area contributed by atoms with Gasteiger partial charge in [0.1, 0.15) is 0 Å². The van der Waals surface area contributed by atoms with Crippen molar-refractivity contribution in [3.05, 3.63) is 22.3 Å². The molecule has 1 amide bonds. The first kappa shape index (κ1) is 16.9. The van der Waals surface area contributed by atoms with Gasteiger partial charge >= 0.3 is 0 Å². The minimum absolute atomic E-state index is 0.137. The molecule has 0 saturated carbocycles. The number of rotatable bonds is 3. The minimum Gasteiger partial charge on any atom is -0.341 e. The molecule has 0 spiro atoms. The maximum atomic E-state index is 12.4. The molecule has 0 unspecified atom stereocenters. The highest BCUT2D eigenvalue weighted by molar-refractivity contribution is 7.99. The first-order valence-corrected chi connectivity index (χ1v) is 9.28. The SMILES string of the molecule is C[C@H]1C[C@H](C)CN(C(=O)CSc2nnc3c(Cl)cc(Cl)cn23)C1. The highest BCUT2D eigenvalue weighted by Gasteiger charge is 2.25. The van der Waals surface area contributed by atoms with E-state index in [0.717, 1.165) is 13.1 Å². The summed E-state index contributed by atoms with van der Waals surface area (Å²) in [4.78, 5) is 14.4. The fourth-order valence-electron chi connectivity index (χ4n) is 3.09. The summed E-state index contributed by atoms with van der Waals surface area (Å²) < 4.78 is 1.73. The molecular weight excluding hydrogens is 355 g/mol. The third-order valence-corrected chi connectivity index (χ3v) is 5.35. The number of nitrogens with zero attached hydrogens (tertiary/aromatic N) is 4. The van der Waals surface area contributed by atoms with Gasteiger partial charge < -0.3 is 4.90 Å². The summed E-state index contributed by atoms with van der Waals surface area (Å²) in [6.07, 6.45) is 2.89. The number of hydrogen-bond donors (Lipinski definition) is 0. The van der Waals surface area contributed by atoms with Crippen LogP contribution in [0.15, 0.2) is 17.4 Å². The summed E-state index contributed by atoms with van der Waals surface area (Å²) >= 11 is 13.5. The van der Waals surface area contributed by atoms with Crippen LogP contribution in [0, 0.1) is 11.8 Å². The van der Waals surface area contributed by atoms with Crippen LogP contribution in [0.3, 0.4) is 0 Å². The van der Waals surface area contributed by atoms with Crippen LogP contribution in [-0.4, -0.2) is 44.2 Å². The zero-order chi connectivity index (χ0) is 16.6. The Morgan fingerprint density at radius 1 is 1.30 bits per heavy atom. The molecule has 1 aliphatic rings. The van der Waals surface area contributed by atoms with Crippen molar-refractivity contribution in [2.75, 3.05) is 18.8 Å². The second-order valence-electron chi connectivity index (χ2n) is 6.22. The molecule has 1 aliphatic heterocycles. The summed E-state index contributed by atoms with van der Waals surface area (Å²) in [6, 6.07) is 1.63. The number of fused-ring (bicyclic) bond motifs is 1. The number of carbonyl (C=O) groups excluding carboxylic acids is 1. The molecule has 5 nitrogen and oxygen atoms in total. The van der Waals surface area contributed by atoms with Crippen molar-refractivity contribution in [1.82, 2.24) is 19.5 Å². The Morgan fingerprint density at radius 3 is 2.70 bits per heavy atom. The quantitative estimate of drug-likeness (QED) is 0.771. The number of aromatic nitrogens is 3. The molecule has 8 heteroatoms. The lowest BCUT2D eigenvalue weighted by Crippen LogP contribution is -2.43. The summed E-state index contributed by atoms with van der Waals surface area (Å²) in [5.74, 6) is 1.58. The van der Waals surface area contributed by atoms with Crippen molar-refractivity contribution in [3.8, 4) is 0 Å². The molecule has 0 bridgehead atoms. The Balaban J connectivity index is 1.70. The molecule has 23 heavy (non-hydrogen) atoms. The van der Waals surface area contributed by atoms with Crippen LogP contribution in [-0.2, 0) is 4.79 Å². The van der Waals surface area contributed by atoms with E-state index in [2.05, 4.69) is 24.0 Å². The molecule has 1 fully saturated rings. The predicted molar refractivity (Wildman–Crippen MR) is 93.3 cm³/mol. The Bertz CT molecular complexity index is 726. The molecule has 2 aromatic heterocycles. The molecule has 0 aromatic carbocycles. The van der Waals surface area contributed by atoms with Crippen LogP contribution < -0.4 is 0 Å². The molecule has 2 aromatic rings. The van der Waals surface area contributed by atoms with Gasteiger partial charge in [0.05, 0.1) is 15.8 Å². The van der Waals surface area contributed by atoms with Gasteiger partial charge in [0.15, 0.2) is 10.8 Å². The molecule has 1 saturated heterocycles. The molecule has 0 aliphatic carbocycles. The van der Waals surface area contributed by atoms with Gasteiger partial charge in [-0.2, -0.15) is 0 Å². The van der Waals surface area contributed by atoms with Crippen molar-refractivity contribution in [3.63, 3.8) is 0 Å². The fourth-order valence-corrected chi connectivity index (χ4v) is 4.41. The van der Waals surface area contributed by atoms with E-state index in [9.17, 15) is 4.79 Å². The first-order chi connectivity index (χ1) is 10.9. The number of hydrogen-bond acceptors (Lipinski definition) is 4. The second kappa shape index (κ2) is 6.87. The Kier molecular flexibility index (Phi) is 5.04. The molecule has 3 rings (SSSR count). The molecule has 0 N–H and O–H groups in total. The Hall–Kier alpha value is -0.980. The third kappa shape index (κ3) is 3.75. The number of piperidine rings is 1. The van der Waals surface area contributed by atoms with E-state index in [0.29, 0.717) is 38.4 Å². The van der Waals surface area contributed by atoms with Gasteiger partial charge in [0, 0.05) is 19.3 Å². The number of amides is 1. The van der Waals surface area contributed by atoms with Crippen LogP contribution in [0.1, 0.15) is 20.3 Å². The van der Waals surface area contributed by atoms with Crippen LogP contribution in [0.4, 0.5) is 0 Å². The summed E-state index contributed by atoms with van der Waals surface area (Å²) in [7, 11) is 0. The highest BCUT2D eigenvalue weighted by atomic mass is 35.5. The van der Waals surface area contributed by atoms with Gasteiger partial charge in [0.25, 0.3) is 0 Å². The van der Waals surface area contributed by atoms with Crippen LogP contribution in [0.25, 0.3) is 5.65 Å². The number of halogens is 2. The summed E-state index contributed by atoms with van der Waals surface area (Å²) in [5, 5.41) is 9.73. The lowest BCUT2D eigenvalue weighted by atomic mass is 9.92. The molecule has 2 atom stereocenters. The third-order valence-electron chi connectivity index (χ3n) is 3.94. The van der Waals surface area contributed by atoms with Gasteiger partial charge in [-0.1, -0.05) is 48.8 Å². The number of likely N-dealkylation sites (tertiary alicyclic amines) is 1. The van der Waals surface area contributed by atoms with Gasteiger partial charge in [-0.15, -0.1) is 10.2 Å². The normalized spacial score (nSPS) is 21.8. The van der Waals surface area contributed by atoms with Crippen molar-refractivity contribution < 1.29 is 4.79 Å². The van der Waals surface area contributed by atoms with E-state index < -0.39 is 0 Å². The van der Waals surface area contributed by atoms with Gasteiger partial charge in [-0.3, -0.25) is 9.20 Å². The molecular formula is C15H18Cl2N4OS. The van der Waals surface area contributed by atoms with Crippen molar-refractivity contribution in [2.24, 2.45) is 11.8 Å². The van der Waals surface area contributed by atoms with Crippen molar-refractivity contribution >= 4 is 46.5 Å². The van der Waals surface area contributed by atoms with Gasteiger partial charge in [0.2, 0.25) is 5.91 Å². The van der Waals surface area contributed by atoms with E-state index in [1.807, 2.05) is 4.90 Å². The van der Waals surface area contributed by atoms with E-state index in [-0.39, 0.29) is 5.91 Å². The summed E-state index contributed by atoms with van der Waals surface area (Å²) in [6.45, 7) is 6.06. The minimum atomic E-state index is 0.137. The van der Waals surface area contributed by atoms with Crippen molar-refractivity contribution in [2.45, 2.75) is 25.4 Å². The highest BCUT2D eigenvalue weighted by Crippen LogP contribution is 2.26. The number of pyridine rings is 1. The van der Waals surface area contributed by atoms with Gasteiger partial charge in [-0.25, -0.2) is 0 Å². The van der Waals surface area contributed by atoms with Gasteiger partial charge in [-0.05, 0) is 24.3 Å². The maximum Gasteiger partial charge on any atom is 0.233 e. The zero-order valence-corrected chi connectivity index (χ0v) is 15.3. The number of thioether (sulfide) groups is 1. The topological polar surface area (TPSA) is 50.5 Å².